The first-order chi connectivity index (χ1) is 11.2. The van der Waals surface area contributed by atoms with Gasteiger partial charge in [0.2, 0.25) is 0 Å². The molecule has 1 aliphatic heterocycles. The van der Waals surface area contributed by atoms with Gasteiger partial charge in [-0.2, -0.15) is 0 Å². The minimum absolute atomic E-state index is 0. The topological polar surface area (TPSA) is 20.3 Å². The Morgan fingerprint density at radius 1 is 0.958 bits per heavy atom. The van der Waals surface area contributed by atoms with Crippen LogP contribution in [0.25, 0.3) is 0 Å². The molecule has 128 valence electrons. The number of ketones is 1. The minimum Gasteiger partial charge on any atom is -0.303 e. The third-order valence-corrected chi connectivity index (χ3v) is 4.81. The average Bonchev–Trinajstić information content (AvgIpc) is 2.78. The molecule has 0 N–H and O–H groups in total. The van der Waals surface area contributed by atoms with Gasteiger partial charge in [-0.25, -0.2) is 0 Å². The zero-order valence-electron chi connectivity index (χ0n) is 13.7. The zero-order chi connectivity index (χ0) is 16.1. The summed E-state index contributed by atoms with van der Waals surface area (Å²) in [6.45, 7) is 3.17. The SMILES string of the molecule is Cl.O=C(CCCN1CCc2ccccc2CC1)c1ccc(Cl)cc1. The van der Waals surface area contributed by atoms with Crippen LogP contribution in [0, 0.1) is 0 Å². The van der Waals surface area contributed by atoms with Gasteiger partial charge in [0.05, 0.1) is 0 Å². The molecule has 0 unspecified atom stereocenters. The standard InChI is InChI=1S/C20H22ClNO.ClH/c21-19-9-7-18(8-10-19)20(23)6-3-13-22-14-11-16-4-1-2-5-17(16)12-15-22;/h1-2,4-5,7-10H,3,6,11-15H2;1H. The molecule has 0 amide bonds. The maximum absolute atomic E-state index is 12.2. The van der Waals surface area contributed by atoms with Crippen molar-refractivity contribution in [1.82, 2.24) is 4.90 Å². The summed E-state index contributed by atoms with van der Waals surface area (Å²) in [4.78, 5) is 14.7. The molecule has 0 spiro atoms. The van der Waals surface area contributed by atoms with Gasteiger partial charge >= 0.3 is 0 Å². The van der Waals surface area contributed by atoms with Crippen LogP contribution in [0.3, 0.4) is 0 Å². The van der Waals surface area contributed by atoms with Crippen LogP contribution in [0.15, 0.2) is 48.5 Å². The van der Waals surface area contributed by atoms with E-state index < -0.39 is 0 Å². The Balaban J connectivity index is 0.00000208. The lowest BCUT2D eigenvalue weighted by Crippen LogP contribution is -2.27. The molecule has 0 aliphatic carbocycles. The van der Waals surface area contributed by atoms with Crippen molar-refractivity contribution >= 4 is 29.8 Å². The summed E-state index contributed by atoms with van der Waals surface area (Å²) in [5.74, 6) is 0.208. The highest BCUT2D eigenvalue weighted by atomic mass is 35.5. The van der Waals surface area contributed by atoms with Gasteiger partial charge in [-0.3, -0.25) is 4.79 Å². The average molecular weight is 364 g/mol. The maximum Gasteiger partial charge on any atom is 0.162 e. The first-order valence-electron chi connectivity index (χ1n) is 8.30. The molecule has 2 aromatic rings. The lowest BCUT2D eigenvalue weighted by molar-refractivity contribution is 0.0975. The molecule has 1 aliphatic rings. The molecule has 0 atom stereocenters. The van der Waals surface area contributed by atoms with E-state index in [4.69, 9.17) is 11.6 Å². The Hall–Kier alpha value is -1.35. The number of carbonyl (C=O) groups is 1. The second kappa shape index (κ2) is 9.22. The third-order valence-electron chi connectivity index (χ3n) is 4.56. The van der Waals surface area contributed by atoms with Gasteiger partial charge in [-0.1, -0.05) is 35.9 Å². The van der Waals surface area contributed by atoms with Gasteiger partial charge in [-0.15, -0.1) is 12.4 Å². The number of hydrogen-bond donors (Lipinski definition) is 0. The molecule has 0 aromatic heterocycles. The Morgan fingerprint density at radius 3 is 2.12 bits per heavy atom. The van der Waals surface area contributed by atoms with E-state index in [1.54, 1.807) is 12.1 Å². The number of carbonyl (C=O) groups excluding carboxylic acids is 1. The molecule has 24 heavy (non-hydrogen) atoms. The van der Waals surface area contributed by atoms with Gasteiger partial charge in [-0.05, 0) is 61.2 Å². The normalized spacial score (nSPS) is 14.4. The van der Waals surface area contributed by atoms with Crippen molar-refractivity contribution in [3.8, 4) is 0 Å². The summed E-state index contributed by atoms with van der Waals surface area (Å²) in [5.41, 5.74) is 3.72. The predicted molar refractivity (Wildman–Crippen MR) is 103 cm³/mol. The molecule has 0 saturated carbocycles. The van der Waals surface area contributed by atoms with E-state index in [0.717, 1.165) is 44.5 Å². The van der Waals surface area contributed by atoms with Gasteiger partial charge in [0, 0.05) is 30.1 Å². The number of benzene rings is 2. The van der Waals surface area contributed by atoms with Crippen molar-refractivity contribution in [2.75, 3.05) is 19.6 Å². The number of rotatable bonds is 5. The summed E-state index contributed by atoms with van der Waals surface area (Å²) in [7, 11) is 0. The monoisotopic (exact) mass is 363 g/mol. The Kier molecular flexibility index (Phi) is 7.29. The Morgan fingerprint density at radius 2 is 1.54 bits per heavy atom. The lowest BCUT2D eigenvalue weighted by Gasteiger charge is -2.19. The van der Waals surface area contributed by atoms with Crippen molar-refractivity contribution < 1.29 is 4.79 Å². The lowest BCUT2D eigenvalue weighted by atomic mass is 10.0. The fourth-order valence-corrected chi connectivity index (χ4v) is 3.31. The van der Waals surface area contributed by atoms with Crippen LogP contribution in [-0.4, -0.2) is 30.3 Å². The van der Waals surface area contributed by atoms with E-state index in [1.165, 1.54) is 11.1 Å². The van der Waals surface area contributed by atoms with Crippen molar-refractivity contribution in [2.45, 2.75) is 25.7 Å². The van der Waals surface area contributed by atoms with Crippen molar-refractivity contribution in [3.05, 3.63) is 70.2 Å². The van der Waals surface area contributed by atoms with Crippen LogP contribution in [0.5, 0.6) is 0 Å². The molecule has 0 saturated heterocycles. The molecule has 1 heterocycles. The number of hydrogen-bond acceptors (Lipinski definition) is 2. The van der Waals surface area contributed by atoms with Crippen LogP contribution in [0.4, 0.5) is 0 Å². The van der Waals surface area contributed by atoms with E-state index >= 15 is 0 Å². The number of nitrogens with zero attached hydrogens (tertiary/aromatic N) is 1. The van der Waals surface area contributed by atoms with Crippen LogP contribution in [0.1, 0.15) is 34.3 Å². The Labute approximate surface area is 155 Å². The van der Waals surface area contributed by atoms with Gasteiger partial charge in [0.15, 0.2) is 5.78 Å². The summed E-state index contributed by atoms with van der Waals surface area (Å²) < 4.78 is 0. The predicted octanol–water partition coefficient (Wildman–Crippen LogP) is 4.83. The molecule has 0 fully saturated rings. The van der Waals surface area contributed by atoms with Crippen LogP contribution in [-0.2, 0) is 12.8 Å². The number of halogens is 2. The first kappa shape index (κ1) is 19.0. The summed E-state index contributed by atoms with van der Waals surface area (Å²) >= 11 is 5.86. The van der Waals surface area contributed by atoms with E-state index in [-0.39, 0.29) is 18.2 Å². The van der Waals surface area contributed by atoms with Crippen LogP contribution in [0.2, 0.25) is 5.02 Å². The summed E-state index contributed by atoms with van der Waals surface area (Å²) in [6.07, 6.45) is 3.74. The second-order valence-electron chi connectivity index (χ2n) is 6.14. The molecule has 2 aromatic carbocycles. The van der Waals surface area contributed by atoms with Gasteiger partial charge < -0.3 is 4.90 Å². The molecule has 0 radical (unpaired) electrons. The fourth-order valence-electron chi connectivity index (χ4n) is 3.18. The minimum atomic E-state index is 0. The highest BCUT2D eigenvalue weighted by Crippen LogP contribution is 2.16. The van der Waals surface area contributed by atoms with E-state index in [1.807, 2.05) is 12.1 Å². The largest absolute Gasteiger partial charge is 0.303 e. The number of Topliss-reactive ketones (excluding diaryl/α,β-unsaturated/α-hetero) is 1. The summed E-state index contributed by atoms with van der Waals surface area (Å²) in [6, 6.07) is 15.9. The summed E-state index contributed by atoms with van der Waals surface area (Å²) in [5, 5.41) is 0.672. The van der Waals surface area contributed by atoms with Crippen LogP contribution < -0.4 is 0 Å². The number of fused-ring (bicyclic) bond motifs is 1. The molecule has 0 bridgehead atoms. The first-order valence-corrected chi connectivity index (χ1v) is 8.68. The quantitative estimate of drug-likeness (QED) is 0.709. The fraction of sp³-hybridized carbons (Fsp3) is 0.350. The van der Waals surface area contributed by atoms with E-state index in [9.17, 15) is 4.79 Å². The highest BCUT2D eigenvalue weighted by Gasteiger charge is 2.14. The molecule has 2 nitrogen and oxygen atoms in total. The van der Waals surface area contributed by atoms with Crippen molar-refractivity contribution in [3.63, 3.8) is 0 Å². The zero-order valence-corrected chi connectivity index (χ0v) is 15.3. The van der Waals surface area contributed by atoms with E-state index in [0.29, 0.717) is 11.4 Å². The third kappa shape index (κ3) is 5.07. The van der Waals surface area contributed by atoms with Crippen LogP contribution >= 0.6 is 24.0 Å². The Bertz CT molecular complexity index is 643. The van der Waals surface area contributed by atoms with Gasteiger partial charge in [0.1, 0.15) is 0 Å². The highest BCUT2D eigenvalue weighted by molar-refractivity contribution is 6.30. The van der Waals surface area contributed by atoms with Crippen molar-refractivity contribution in [2.24, 2.45) is 0 Å². The molecule has 4 heteroatoms. The van der Waals surface area contributed by atoms with Gasteiger partial charge in [0.25, 0.3) is 0 Å². The smallest absolute Gasteiger partial charge is 0.162 e. The molecule has 3 rings (SSSR count). The van der Waals surface area contributed by atoms with E-state index in [2.05, 4.69) is 29.2 Å². The molecular formula is C20H23Cl2NO. The molecular weight excluding hydrogens is 341 g/mol. The maximum atomic E-state index is 12.2. The second-order valence-corrected chi connectivity index (χ2v) is 6.58. The van der Waals surface area contributed by atoms with Crippen molar-refractivity contribution in [1.29, 1.82) is 0 Å².